The predicted molar refractivity (Wildman–Crippen MR) is 75.6 cm³/mol. The Morgan fingerprint density at radius 2 is 1.89 bits per heavy atom. The second-order valence-electron chi connectivity index (χ2n) is 4.50. The van der Waals surface area contributed by atoms with Crippen molar-refractivity contribution in [3.63, 3.8) is 0 Å². The van der Waals surface area contributed by atoms with Crippen molar-refractivity contribution in [3.8, 4) is 0 Å². The van der Waals surface area contributed by atoms with Gasteiger partial charge in [-0.05, 0) is 37.5 Å². The fourth-order valence-electron chi connectivity index (χ4n) is 2.02. The molecule has 0 radical (unpaired) electrons. The number of rotatable bonds is 3. The molecule has 1 aromatic carbocycles. The van der Waals surface area contributed by atoms with Gasteiger partial charge in [-0.3, -0.25) is 4.68 Å². The number of halogens is 1. The van der Waals surface area contributed by atoms with Gasteiger partial charge < -0.3 is 5.11 Å². The molecule has 0 spiro atoms. The lowest BCUT2D eigenvalue weighted by atomic mass is 10.00. The lowest BCUT2D eigenvalue weighted by Crippen LogP contribution is -2.00. The van der Waals surface area contributed by atoms with E-state index in [0.717, 1.165) is 33.3 Å². The third-order valence-electron chi connectivity index (χ3n) is 3.07. The topological polar surface area (TPSA) is 38.0 Å². The van der Waals surface area contributed by atoms with E-state index in [4.69, 9.17) is 0 Å². The van der Waals surface area contributed by atoms with E-state index in [1.807, 2.05) is 43.8 Å². The van der Waals surface area contributed by atoms with Crippen molar-refractivity contribution in [2.75, 3.05) is 0 Å². The molecule has 0 aliphatic rings. The number of aryl methyl sites for hydroxylation is 3. The van der Waals surface area contributed by atoms with Crippen LogP contribution in [-0.4, -0.2) is 14.9 Å². The number of aromatic nitrogens is 2. The van der Waals surface area contributed by atoms with E-state index in [2.05, 4.69) is 21.0 Å². The maximum atomic E-state index is 10.4. The number of nitrogens with zero attached hydrogens (tertiary/aromatic N) is 2. The molecule has 96 valence electrons. The Morgan fingerprint density at radius 3 is 2.39 bits per heavy atom. The summed E-state index contributed by atoms with van der Waals surface area (Å²) < 4.78 is 2.92. The summed E-state index contributed by atoms with van der Waals surface area (Å²) in [6.07, 6.45) is 2.99. The second-order valence-corrected chi connectivity index (χ2v) is 5.29. The van der Waals surface area contributed by atoms with E-state index in [1.165, 1.54) is 0 Å². The van der Waals surface area contributed by atoms with Crippen molar-refractivity contribution in [1.82, 2.24) is 9.78 Å². The van der Waals surface area contributed by atoms with Gasteiger partial charge in [0.1, 0.15) is 6.10 Å². The predicted octanol–water partition coefficient (Wildman–Crippen LogP) is 3.36. The first kappa shape index (κ1) is 13.3. The molecule has 2 aromatic rings. The van der Waals surface area contributed by atoms with Crippen LogP contribution in [0.1, 0.15) is 35.3 Å². The quantitative estimate of drug-likeness (QED) is 0.944. The monoisotopic (exact) mass is 308 g/mol. The van der Waals surface area contributed by atoms with Gasteiger partial charge in [0, 0.05) is 22.8 Å². The van der Waals surface area contributed by atoms with Crippen molar-refractivity contribution in [1.29, 1.82) is 0 Å². The SMILES string of the molecule is CCn1cc(C(O)c2cc(C)c(Br)c(C)c2)cn1. The molecule has 1 aromatic heterocycles. The van der Waals surface area contributed by atoms with E-state index >= 15 is 0 Å². The minimum absolute atomic E-state index is 0.615. The molecule has 1 N–H and O–H groups in total. The first-order valence-corrected chi connectivity index (χ1v) is 6.79. The van der Waals surface area contributed by atoms with E-state index in [9.17, 15) is 5.11 Å². The highest BCUT2D eigenvalue weighted by atomic mass is 79.9. The molecule has 0 fully saturated rings. The lowest BCUT2D eigenvalue weighted by Gasteiger charge is -2.12. The Hall–Kier alpha value is -1.13. The molecule has 0 bridgehead atoms. The number of aliphatic hydroxyl groups is 1. The highest BCUT2D eigenvalue weighted by molar-refractivity contribution is 9.10. The smallest absolute Gasteiger partial charge is 0.107 e. The molecular formula is C14H17BrN2O. The third kappa shape index (κ3) is 2.49. The van der Waals surface area contributed by atoms with Crippen LogP contribution in [-0.2, 0) is 6.54 Å². The molecule has 1 unspecified atom stereocenters. The fraction of sp³-hybridized carbons (Fsp3) is 0.357. The second kappa shape index (κ2) is 5.24. The van der Waals surface area contributed by atoms with Crippen LogP contribution < -0.4 is 0 Å². The minimum atomic E-state index is -0.615. The van der Waals surface area contributed by atoms with Gasteiger partial charge >= 0.3 is 0 Å². The summed E-state index contributed by atoms with van der Waals surface area (Å²) in [7, 11) is 0. The molecule has 0 saturated heterocycles. The van der Waals surface area contributed by atoms with Gasteiger partial charge in [-0.25, -0.2) is 0 Å². The van der Waals surface area contributed by atoms with Crippen molar-refractivity contribution in [3.05, 3.63) is 51.3 Å². The van der Waals surface area contributed by atoms with Gasteiger partial charge in [0.25, 0.3) is 0 Å². The summed E-state index contributed by atoms with van der Waals surface area (Å²) in [6.45, 7) is 6.90. The first-order valence-electron chi connectivity index (χ1n) is 6.00. The van der Waals surface area contributed by atoms with E-state index in [1.54, 1.807) is 6.20 Å². The number of aliphatic hydroxyl groups excluding tert-OH is 1. The van der Waals surface area contributed by atoms with Crippen LogP contribution in [0.5, 0.6) is 0 Å². The van der Waals surface area contributed by atoms with Gasteiger partial charge in [0.2, 0.25) is 0 Å². The molecule has 4 heteroatoms. The molecule has 0 amide bonds. The Bertz CT molecular complexity index is 540. The zero-order chi connectivity index (χ0) is 13.3. The van der Waals surface area contributed by atoms with Crippen LogP contribution in [0.15, 0.2) is 29.0 Å². The molecule has 1 heterocycles. The summed E-state index contributed by atoms with van der Waals surface area (Å²) in [5, 5.41) is 14.6. The van der Waals surface area contributed by atoms with Gasteiger partial charge in [0.15, 0.2) is 0 Å². The Labute approximate surface area is 116 Å². The molecule has 3 nitrogen and oxygen atoms in total. The summed E-state index contributed by atoms with van der Waals surface area (Å²) >= 11 is 3.54. The molecule has 1 atom stereocenters. The Balaban J connectivity index is 2.36. The maximum Gasteiger partial charge on any atom is 0.107 e. The van der Waals surface area contributed by atoms with E-state index in [-0.39, 0.29) is 0 Å². The Kier molecular flexibility index (Phi) is 3.88. The van der Waals surface area contributed by atoms with Gasteiger partial charge in [0.05, 0.1) is 6.20 Å². The number of benzene rings is 1. The van der Waals surface area contributed by atoms with Crippen molar-refractivity contribution in [2.45, 2.75) is 33.4 Å². The fourth-order valence-corrected chi connectivity index (χ4v) is 2.25. The van der Waals surface area contributed by atoms with E-state index in [0.29, 0.717) is 0 Å². The molecule has 0 aliphatic heterocycles. The van der Waals surface area contributed by atoms with Crippen LogP contribution in [0, 0.1) is 13.8 Å². The third-order valence-corrected chi connectivity index (χ3v) is 4.32. The summed E-state index contributed by atoms with van der Waals surface area (Å²) in [6, 6.07) is 4.01. The van der Waals surface area contributed by atoms with Crippen LogP contribution in [0.4, 0.5) is 0 Å². The highest BCUT2D eigenvalue weighted by Crippen LogP contribution is 2.28. The highest BCUT2D eigenvalue weighted by Gasteiger charge is 2.14. The van der Waals surface area contributed by atoms with Crippen LogP contribution in [0.3, 0.4) is 0 Å². The zero-order valence-corrected chi connectivity index (χ0v) is 12.4. The lowest BCUT2D eigenvalue weighted by molar-refractivity contribution is 0.220. The zero-order valence-electron chi connectivity index (χ0n) is 10.8. The average Bonchev–Trinajstić information content (AvgIpc) is 2.83. The van der Waals surface area contributed by atoms with E-state index < -0.39 is 6.10 Å². The summed E-state index contributed by atoms with van der Waals surface area (Å²) in [4.78, 5) is 0. The van der Waals surface area contributed by atoms with Gasteiger partial charge in [-0.15, -0.1) is 0 Å². The average molecular weight is 309 g/mol. The van der Waals surface area contributed by atoms with Crippen molar-refractivity contribution in [2.24, 2.45) is 0 Å². The first-order chi connectivity index (χ1) is 8.52. The molecular weight excluding hydrogens is 292 g/mol. The summed E-state index contributed by atoms with van der Waals surface area (Å²) in [5.41, 5.74) is 4.00. The summed E-state index contributed by atoms with van der Waals surface area (Å²) in [5.74, 6) is 0. The number of hydrogen-bond acceptors (Lipinski definition) is 2. The largest absolute Gasteiger partial charge is 0.384 e. The maximum absolute atomic E-state index is 10.4. The van der Waals surface area contributed by atoms with Crippen LogP contribution in [0.25, 0.3) is 0 Å². The normalized spacial score (nSPS) is 12.7. The minimum Gasteiger partial charge on any atom is -0.384 e. The van der Waals surface area contributed by atoms with Gasteiger partial charge in [-0.1, -0.05) is 28.1 Å². The van der Waals surface area contributed by atoms with Crippen molar-refractivity contribution >= 4 is 15.9 Å². The van der Waals surface area contributed by atoms with Crippen molar-refractivity contribution < 1.29 is 5.11 Å². The van der Waals surface area contributed by atoms with Crippen LogP contribution >= 0.6 is 15.9 Å². The molecule has 0 saturated carbocycles. The molecule has 0 aliphatic carbocycles. The number of hydrogen-bond donors (Lipinski definition) is 1. The Morgan fingerprint density at radius 1 is 1.28 bits per heavy atom. The van der Waals surface area contributed by atoms with Crippen LogP contribution in [0.2, 0.25) is 0 Å². The van der Waals surface area contributed by atoms with Gasteiger partial charge in [-0.2, -0.15) is 5.10 Å². The molecule has 2 rings (SSSR count). The standard InChI is InChI=1S/C14H17BrN2O/c1-4-17-8-12(7-16-17)14(18)11-5-9(2)13(15)10(3)6-11/h5-8,14,18H,4H2,1-3H3. The molecule has 18 heavy (non-hydrogen) atoms.